The molecule has 0 saturated carbocycles. The molecule has 0 aliphatic carbocycles. The zero-order valence-electron chi connectivity index (χ0n) is 13.2. The van der Waals surface area contributed by atoms with E-state index in [0.29, 0.717) is 13.1 Å². The van der Waals surface area contributed by atoms with E-state index in [1.165, 1.54) is 19.4 Å². The Hall–Kier alpha value is -2.14. The second-order valence-corrected chi connectivity index (χ2v) is 5.61. The minimum atomic E-state index is -0.267. The monoisotopic (exact) mass is 301 g/mol. The Morgan fingerprint density at radius 2 is 1.73 bits per heavy atom. The van der Waals surface area contributed by atoms with Crippen LogP contribution < -0.4 is 0 Å². The van der Waals surface area contributed by atoms with E-state index in [2.05, 4.69) is 17.0 Å². The molecule has 1 aliphatic rings. The van der Waals surface area contributed by atoms with Gasteiger partial charge in [-0.05, 0) is 19.4 Å². The summed E-state index contributed by atoms with van der Waals surface area (Å²) in [4.78, 5) is 15.8. The van der Waals surface area contributed by atoms with Crippen LogP contribution in [0.15, 0.2) is 41.7 Å². The number of carbonyl (C=O) groups is 1. The van der Waals surface area contributed by atoms with E-state index in [0.717, 1.165) is 19.6 Å². The van der Waals surface area contributed by atoms with Crippen LogP contribution in [-0.2, 0) is 11.3 Å². The third-order valence-electron chi connectivity index (χ3n) is 3.89. The number of hydrogen-bond donors (Lipinski definition) is 2. The molecule has 0 aromatic heterocycles. The van der Waals surface area contributed by atoms with E-state index < -0.39 is 0 Å². The van der Waals surface area contributed by atoms with Gasteiger partial charge in [0.05, 0.1) is 5.57 Å². The Morgan fingerprint density at radius 3 is 2.23 bits per heavy atom. The van der Waals surface area contributed by atoms with Gasteiger partial charge in [0, 0.05) is 32.7 Å². The fraction of sp³-hybridized carbons (Fsp3) is 0.412. The summed E-state index contributed by atoms with van der Waals surface area (Å²) >= 11 is 0. The van der Waals surface area contributed by atoms with Crippen LogP contribution in [0.1, 0.15) is 19.4 Å². The maximum Gasteiger partial charge on any atom is 0.166 e. The molecule has 0 spiro atoms. The molecule has 1 aromatic rings. The fourth-order valence-electron chi connectivity index (χ4n) is 2.72. The summed E-state index contributed by atoms with van der Waals surface area (Å²) in [6.07, 6.45) is 0. The van der Waals surface area contributed by atoms with Gasteiger partial charge in [-0.2, -0.15) is 0 Å². The van der Waals surface area contributed by atoms with Crippen molar-refractivity contribution in [2.24, 2.45) is 0 Å². The molecule has 118 valence electrons. The predicted molar refractivity (Wildman–Crippen MR) is 87.0 cm³/mol. The number of amidine groups is 1. The highest BCUT2D eigenvalue weighted by Crippen LogP contribution is 2.13. The second-order valence-electron chi connectivity index (χ2n) is 5.61. The average Bonchev–Trinajstić information content (AvgIpc) is 2.48. The quantitative estimate of drug-likeness (QED) is 0.387. The predicted octanol–water partition coefficient (Wildman–Crippen LogP) is 2.20. The maximum atomic E-state index is 11.6. The summed E-state index contributed by atoms with van der Waals surface area (Å²) in [5.74, 6) is -0.215. The Morgan fingerprint density at radius 1 is 1.14 bits per heavy atom. The highest BCUT2D eigenvalue weighted by molar-refractivity contribution is 6.19. The molecular formula is C17H23N3O2. The number of rotatable bonds is 4. The van der Waals surface area contributed by atoms with Crippen molar-refractivity contribution in [1.82, 2.24) is 9.80 Å². The van der Waals surface area contributed by atoms with Gasteiger partial charge in [0.25, 0.3) is 0 Å². The fourth-order valence-corrected chi connectivity index (χ4v) is 2.72. The molecule has 0 unspecified atom stereocenters. The van der Waals surface area contributed by atoms with Crippen LogP contribution in [0.5, 0.6) is 0 Å². The molecule has 5 heteroatoms. The van der Waals surface area contributed by atoms with Gasteiger partial charge in [-0.25, -0.2) is 0 Å². The molecule has 5 nitrogen and oxygen atoms in total. The molecule has 0 atom stereocenters. The number of carbonyl (C=O) groups excluding carboxylic acids is 1. The Labute approximate surface area is 131 Å². The van der Waals surface area contributed by atoms with Gasteiger partial charge in [-0.3, -0.25) is 15.1 Å². The first kappa shape index (κ1) is 16.2. The maximum absolute atomic E-state index is 11.6. The number of ketones is 1. The van der Waals surface area contributed by atoms with Crippen molar-refractivity contribution < 1.29 is 9.90 Å². The van der Waals surface area contributed by atoms with Crippen LogP contribution in [-0.4, -0.2) is 52.7 Å². The van der Waals surface area contributed by atoms with Crippen molar-refractivity contribution in [2.45, 2.75) is 20.4 Å². The number of nitrogens with zero attached hydrogens (tertiary/aromatic N) is 2. The third kappa shape index (κ3) is 3.95. The lowest BCUT2D eigenvalue weighted by Crippen LogP contribution is -2.49. The highest BCUT2D eigenvalue weighted by atomic mass is 16.3. The molecule has 1 aromatic carbocycles. The van der Waals surface area contributed by atoms with Gasteiger partial charge in [0.15, 0.2) is 5.78 Å². The van der Waals surface area contributed by atoms with E-state index in [1.54, 1.807) is 0 Å². The first-order valence-electron chi connectivity index (χ1n) is 7.50. The van der Waals surface area contributed by atoms with Crippen molar-refractivity contribution in [1.29, 1.82) is 5.41 Å². The molecule has 1 heterocycles. The molecule has 1 aliphatic heterocycles. The third-order valence-corrected chi connectivity index (χ3v) is 3.89. The standard InChI is InChI=1S/C17H23N3O2/c1-13(21)16(14(2)22)17(18)20-10-8-19(9-11-20)12-15-6-4-3-5-7-15/h3-7,18,21H,8-12H2,1-2H3/b16-13+,18-17?. The Balaban J connectivity index is 1.93. The SMILES string of the molecule is CC(=O)/C(C(=N)N1CCN(Cc2ccccc2)CC1)=C(/C)O. The lowest BCUT2D eigenvalue weighted by Gasteiger charge is -2.36. The molecule has 0 amide bonds. The van der Waals surface area contributed by atoms with Gasteiger partial charge < -0.3 is 10.0 Å². The number of nitrogens with one attached hydrogen (secondary N) is 1. The van der Waals surface area contributed by atoms with Gasteiger partial charge in [0.2, 0.25) is 0 Å². The summed E-state index contributed by atoms with van der Waals surface area (Å²) in [7, 11) is 0. The smallest absolute Gasteiger partial charge is 0.166 e. The summed E-state index contributed by atoms with van der Waals surface area (Å²) in [6.45, 7) is 6.80. The van der Waals surface area contributed by atoms with E-state index in [4.69, 9.17) is 5.41 Å². The minimum absolute atomic E-state index is 0.0794. The van der Waals surface area contributed by atoms with E-state index in [-0.39, 0.29) is 23.0 Å². The van der Waals surface area contributed by atoms with Crippen LogP contribution in [0.4, 0.5) is 0 Å². The normalized spacial score (nSPS) is 17.1. The number of aliphatic hydroxyl groups excluding tert-OH is 1. The summed E-state index contributed by atoms with van der Waals surface area (Å²) in [6, 6.07) is 10.3. The largest absolute Gasteiger partial charge is 0.512 e. The first-order chi connectivity index (χ1) is 10.5. The summed E-state index contributed by atoms with van der Waals surface area (Å²) in [5.41, 5.74) is 1.40. The molecule has 1 fully saturated rings. The summed E-state index contributed by atoms with van der Waals surface area (Å²) in [5, 5.41) is 17.8. The van der Waals surface area contributed by atoms with Crippen LogP contribution in [0.2, 0.25) is 0 Å². The van der Waals surface area contributed by atoms with E-state index >= 15 is 0 Å². The van der Waals surface area contributed by atoms with Crippen LogP contribution in [0.3, 0.4) is 0 Å². The van der Waals surface area contributed by atoms with Crippen LogP contribution in [0, 0.1) is 5.41 Å². The number of benzene rings is 1. The zero-order valence-corrected chi connectivity index (χ0v) is 13.2. The Bertz CT molecular complexity index is 569. The molecule has 0 radical (unpaired) electrons. The number of allylic oxidation sites excluding steroid dienone is 1. The van der Waals surface area contributed by atoms with Crippen LogP contribution >= 0.6 is 0 Å². The van der Waals surface area contributed by atoms with Crippen LogP contribution in [0.25, 0.3) is 0 Å². The number of aliphatic hydroxyl groups is 1. The van der Waals surface area contributed by atoms with Crippen molar-refractivity contribution in [2.75, 3.05) is 26.2 Å². The minimum Gasteiger partial charge on any atom is -0.512 e. The van der Waals surface area contributed by atoms with Gasteiger partial charge in [-0.15, -0.1) is 0 Å². The molecule has 0 bridgehead atoms. The van der Waals surface area contributed by atoms with Crippen molar-refractivity contribution in [3.8, 4) is 0 Å². The van der Waals surface area contributed by atoms with Gasteiger partial charge in [0.1, 0.15) is 11.6 Å². The molecule has 22 heavy (non-hydrogen) atoms. The highest BCUT2D eigenvalue weighted by Gasteiger charge is 2.24. The van der Waals surface area contributed by atoms with Crippen molar-refractivity contribution >= 4 is 11.6 Å². The first-order valence-corrected chi connectivity index (χ1v) is 7.50. The van der Waals surface area contributed by atoms with E-state index in [9.17, 15) is 9.90 Å². The van der Waals surface area contributed by atoms with E-state index in [1.807, 2.05) is 23.1 Å². The average molecular weight is 301 g/mol. The molecule has 2 rings (SSSR count). The molecular weight excluding hydrogens is 278 g/mol. The van der Waals surface area contributed by atoms with Gasteiger partial charge >= 0.3 is 0 Å². The summed E-state index contributed by atoms with van der Waals surface area (Å²) < 4.78 is 0. The van der Waals surface area contributed by atoms with Gasteiger partial charge in [-0.1, -0.05) is 30.3 Å². The zero-order chi connectivity index (χ0) is 16.1. The topological polar surface area (TPSA) is 67.6 Å². The number of piperazine rings is 1. The number of hydrogen-bond acceptors (Lipinski definition) is 4. The van der Waals surface area contributed by atoms with Crippen molar-refractivity contribution in [3.05, 3.63) is 47.2 Å². The lowest BCUT2D eigenvalue weighted by molar-refractivity contribution is -0.113. The van der Waals surface area contributed by atoms with Crippen molar-refractivity contribution in [3.63, 3.8) is 0 Å². The number of Topliss-reactive ketones (excluding diaryl/α,β-unsaturated/α-hetero) is 1. The second kappa shape index (κ2) is 7.22. The Kier molecular flexibility index (Phi) is 5.33. The molecule has 1 saturated heterocycles. The lowest BCUT2D eigenvalue weighted by atomic mass is 10.1. The molecule has 2 N–H and O–H groups in total.